The quantitative estimate of drug-likeness (QED) is 0.244. The minimum Gasteiger partial charge on any atom is -0.497 e. The van der Waals surface area contributed by atoms with Crippen LogP contribution in [0.5, 0.6) is 5.75 Å². The van der Waals surface area contributed by atoms with Crippen molar-refractivity contribution in [2.24, 2.45) is 16.1 Å². The average molecular weight is 454 g/mol. The summed E-state index contributed by atoms with van der Waals surface area (Å²) in [5.74, 6) is 7.99. The Morgan fingerprint density at radius 1 is 1.15 bits per heavy atom. The molecule has 0 bridgehead atoms. The molecule has 1 atom stereocenters. The average Bonchev–Trinajstić information content (AvgIpc) is 3.32. The fourth-order valence-electron chi connectivity index (χ4n) is 3.33. The monoisotopic (exact) mass is 453 g/mol. The molecule has 164 valence electrons. The van der Waals surface area contributed by atoms with Crippen molar-refractivity contribution in [1.82, 2.24) is 14.5 Å². The van der Waals surface area contributed by atoms with Crippen LogP contribution in [-0.4, -0.2) is 21.6 Å². The molecule has 2 aromatic heterocycles. The standard InChI is InChI=1S/C26H23N5OS/c1-32-23-12-10-22(11-13-23)25-17-33-26(28-25)30-29-24(16-31-15-14-27-18-31)21-8-6-20(7-9-21)5-4-19-2-3-19/h6-15,17-19,24H,2-3,16H2,1H3. The number of methoxy groups -OCH3 is 1. The predicted octanol–water partition coefficient (Wildman–Crippen LogP) is 6.30. The zero-order valence-corrected chi connectivity index (χ0v) is 19.1. The smallest absolute Gasteiger partial charge is 0.230 e. The van der Waals surface area contributed by atoms with Gasteiger partial charge in [-0.05, 0) is 54.8 Å². The van der Waals surface area contributed by atoms with Crippen LogP contribution in [-0.2, 0) is 6.54 Å². The summed E-state index contributed by atoms with van der Waals surface area (Å²) in [7, 11) is 1.66. The van der Waals surface area contributed by atoms with Crippen LogP contribution in [0.2, 0.25) is 0 Å². The summed E-state index contributed by atoms with van der Waals surface area (Å²) < 4.78 is 7.24. The van der Waals surface area contributed by atoms with Crippen molar-refractivity contribution in [3.8, 4) is 28.8 Å². The van der Waals surface area contributed by atoms with Crippen LogP contribution in [0.4, 0.5) is 5.13 Å². The molecule has 0 spiro atoms. The number of imidazole rings is 1. The number of ether oxygens (including phenoxy) is 1. The van der Waals surface area contributed by atoms with Crippen LogP contribution < -0.4 is 4.74 Å². The molecule has 0 amide bonds. The Hall–Kier alpha value is -3.76. The van der Waals surface area contributed by atoms with Gasteiger partial charge < -0.3 is 9.30 Å². The first kappa shape index (κ1) is 21.1. The SMILES string of the molecule is COc1ccc(-c2csc(N=NC(Cn3ccnc3)c3ccc(C#CC4CC4)cc3)n2)cc1. The van der Waals surface area contributed by atoms with E-state index in [4.69, 9.17) is 4.74 Å². The largest absolute Gasteiger partial charge is 0.497 e. The lowest BCUT2D eigenvalue weighted by Gasteiger charge is -2.12. The van der Waals surface area contributed by atoms with E-state index in [0.717, 1.165) is 28.1 Å². The Morgan fingerprint density at radius 2 is 1.97 bits per heavy atom. The van der Waals surface area contributed by atoms with E-state index < -0.39 is 0 Å². The summed E-state index contributed by atoms with van der Waals surface area (Å²) in [4.78, 5) is 8.79. The Bertz CT molecular complexity index is 1280. The molecule has 1 unspecified atom stereocenters. The van der Waals surface area contributed by atoms with E-state index in [0.29, 0.717) is 17.6 Å². The van der Waals surface area contributed by atoms with Crippen molar-refractivity contribution in [3.05, 3.63) is 83.8 Å². The molecule has 2 heterocycles. The molecule has 33 heavy (non-hydrogen) atoms. The molecule has 0 aliphatic heterocycles. The summed E-state index contributed by atoms with van der Waals surface area (Å²) in [6.45, 7) is 0.646. The number of rotatable bonds is 7. The number of azo groups is 1. The lowest BCUT2D eigenvalue weighted by Crippen LogP contribution is -2.05. The molecule has 0 N–H and O–H groups in total. The molecule has 6 nitrogen and oxygen atoms in total. The third-order valence-electron chi connectivity index (χ3n) is 5.40. The summed E-state index contributed by atoms with van der Waals surface area (Å²) in [6.07, 6.45) is 7.96. The molecular weight excluding hydrogens is 430 g/mol. The first-order chi connectivity index (χ1) is 16.3. The highest BCUT2D eigenvalue weighted by Crippen LogP contribution is 2.30. The maximum absolute atomic E-state index is 5.23. The topological polar surface area (TPSA) is 64.7 Å². The maximum atomic E-state index is 5.23. The molecule has 7 heteroatoms. The zero-order chi connectivity index (χ0) is 22.5. The summed E-state index contributed by atoms with van der Waals surface area (Å²) in [6, 6.07) is 16.0. The van der Waals surface area contributed by atoms with Gasteiger partial charge in [0.15, 0.2) is 0 Å². The summed E-state index contributed by atoms with van der Waals surface area (Å²) >= 11 is 1.48. The maximum Gasteiger partial charge on any atom is 0.230 e. The van der Waals surface area contributed by atoms with Gasteiger partial charge in [0.05, 0.1) is 25.7 Å². The fourth-order valence-corrected chi connectivity index (χ4v) is 3.98. The number of hydrogen-bond acceptors (Lipinski definition) is 6. The Labute approximate surface area is 197 Å². The predicted molar refractivity (Wildman–Crippen MR) is 130 cm³/mol. The van der Waals surface area contributed by atoms with Crippen molar-refractivity contribution < 1.29 is 4.74 Å². The van der Waals surface area contributed by atoms with Crippen LogP contribution in [0.15, 0.2) is 82.9 Å². The van der Waals surface area contributed by atoms with Crippen molar-refractivity contribution in [2.75, 3.05) is 7.11 Å². The van der Waals surface area contributed by atoms with Gasteiger partial charge in [-0.3, -0.25) is 0 Å². The highest BCUT2D eigenvalue weighted by atomic mass is 32.1. The van der Waals surface area contributed by atoms with Crippen LogP contribution in [0, 0.1) is 17.8 Å². The number of benzene rings is 2. The number of nitrogens with zero attached hydrogens (tertiary/aromatic N) is 5. The number of hydrogen-bond donors (Lipinski definition) is 0. The molecular formula is C26H23N5OS. The van der Waals surface area contributed by atoms with Gasteiger partial charge in [-0.15, -0.1) is 16.5 Å². The van der Waals surface area contributed by atoms with Gasteiger partial charge in [-0.2, -0.15) is 5.11 Å². The van der Waals surface area contributed by atoms with E-state index >= 15 is 0 Å². The van der Waals surface area contributed by atoms with Crippen LogP contribution in [0.25, 0.3) is 11.3 Å². The summed E-state index contributed by atoms with van der Waals surface area (Å²) in [5.41, 5.74) is 4.01. The first-order valence-electron chi connectivity index (χ1n) is 10.8. The minimum atomic E-state index is -0.155. The minimum absolute atomic E-state index is 0.155. The Balaban J connectivity index is 1.34. The fraction of sp³-hybridized carbons (Fsp3) is 0.231. The van der Waals surface area contributed by atoms with Gasteiger partial charge >= 0.3 is 0 Å². The van der Waals surface area contributed by atoms with E-state index in [-0.39, 0.29) is 6.04 Å². The number of aromatic nitrogens is 3. The van der Waals surface area contributed by atoms with Gasteiger partial charge in [0.2, 0.25) is 5.13 Å². The van der Waals surface area contributed by atoms with Gasteiger partial charge in [-0.25, -0.2) is 9.97 Å². The third kappa shape index (κ3) is 5.54. The van der Waals surface area contributed by atoms with Crippen molar-refractivity contribution in [3.63, 3.8) is 0 Å². The molecule has 1 aliphatic rings. The molecule has 5 rings (SSSR count). The van der Waals surface area contributed by atoms with Crippen LogP contribution in [0.3, 0.4) is 0 Å². The summed E-state index contributed by atoms with van der Waals surface area (Å²) in [5, 5.41) is 11.8. The van der Waals surface area contributed by atoms with Crippen molar-refractivity contribution >= 4 is 16.5 Å². The Kier molecular flexibility index (Phi) is 6.27. The van der Waals surface area contributed by atoms with Crippen LogP contribution in [0.1, 0.15) is 30.0 Å². The lowest BCUT2D eigenvalue weighted by atomic mass is 10.1. The molecule has 2 aromatic carbocycles. The van der Waals surface area contributed by atoms with E-state index in [1.807, 2.05) is 40.4 Å². The molecule has 0 radical (unpaired) electrons. The van der Waals surface area contributed by atoms with Crippen molar-refractivity contribution in [2.45, 2.75) is 25.4 Å². The molecule has 0 saturated heterocycles. The van der Waals surface area contributed by atoms with Crippen LogP contribution >= 0.6 is 11.3 Å². The second-order valence-electron chi connectivity index (χ2n) is 7.90. The van der Waals surface area contributed by atoms with Gasteiger partial charge in [0.25, 0.3) is 0 Å². The Morgan fingerprint density at radius 3 is 2.67 bits per heavy atom. The number of thiazole rings is 1. The van der Waals surface area contributed by atoms with E-state index in [1.165, 1.54) is 24.2 Å². The third-order valence-corrected chi connectivity index (χ3v) is 6.12. The lowest BCUT2D eigenvalue weighted by molar-refractivity contribution is 0.415. The normalized spacial score (nSPS) is 14.1. The second kappa shape index (κ2) is 9.80. The zero-order valence-electron chi connectivity index (χ0n) is 18.3. The highest BCUT2D eigenvalue weighted by Gasteiger charge is 2.18. The molecule has 4 aromatic rings. The van der Waals surface area contributed by atoms with E-state index in [1.54, 1.807) is 19.6 Å². The highest BCUT2D eigenvalue weighted by molar-refractivity contribution is 7.13. The van der Waals surface area contributed by atoms with Gasteiger partial charge in [-0.1, -0.05) is 24.0 Å². The van der Waals surface area contributed by atoms with E-state index in [9.17, 15) is 0 Å². The molecule has 1 fully saturated rings. The van der Waals surface area contributed by atoms with E-state index in [2.05, 4.69) is 56.3 Å². The molecule has 1 saturated carbocycles. The van der Waals surface area contributed by atoms with Gasteiger partial charge in [0.1, 0.15) is 11.8 Å². The molecule has 1 aliphatic carbocycles. The second-order valence-corrected chi connectivity index (χ2v) is 8.74. The van der Waals surface area contributed by atoms with Gasteiger partial charge in [0, 0.05) is 34.8 Å². The first-order valence-corrected chi connectivity index (χ1v) is 11.7. The van der Waals surface area contributed by atoms with Crippen molar-refractivity contribution in [1.29, 1.82) is 0 Å².